The van der Waals surface area contributed by atoms with E-state index in [1.807, 2.05) is 16.0 Å². The van der Waals surface area contributed by atoms with Crippen LogP contribution in [0, 0.1) is 11.6 Å². The molecule has 23 heavy (non-hydrogen) atoms. The molecule has 0 spiro atoms. The first-order chi connectivity index (χ1) is 11.1. The summed E-state index contributed by atoms with van der Waals surface area (Å²) >= 11 is 1.50. The summed E-state index contributed by atoms with van der Waals surface area (Å²) in [7, 11) is 0. The lowest BCUT2D eigenvalue weighted by molar-refractivity contribution is 0.509. The summed E-state index contributed by atoms with van der Waals surface area (Å²) in [4.78, 5) is 5.48. The molecule has 1 atom stereocenters. The van der Waals surface area contributed by atoms with Crippen LogP contribution in [0.1, 0.15) is 26.0 Å². The lowest BCUT2D eigenvalue weighted by atomic mass is 10.1. The Morgan fingerprint density at radius 2 is 2.13 bits per heavy atom. The predicted octanol–water partition coefficient (Wildman–Crippen LogP) is 4.27. The molecular weight excluding hydrogens is 316 g/mol. The number of nitrogens with one attached hydrogen (secondary N) is 1. The predicted molar refractivity (Wildman–Crippen MR) is 89.9 cm³/mol. The topological polar surface area (TPSA) is 29.3 Å². The number of thiazole rings is 1. The average Bonchev–Trinajstić information content (AvgIpc) is 3.08. The molecule has 1 N–H and O–H groups in total. The first kappa shape index (κ1) is 16.1. The Morgan fingerprint density at radius 3 is 2.87 bits per heavy atom. The Bertz CT molecular complexity index is 809. The van der Waals surface area contributed by atoms with Crippen LogP contribution in [0.2, 0.25) is 0 Å². The zero-order valence-electron chi connectivity index (χ0n) is 13.1. The van der Waals surface area contributed by atoms with Crippen LogP contribution < -0.4 is 5.32 Å². The molecule has 0 radical (unpaired) electrons. The molecule has 1 aromatic carbocycles. The number of aromatic nitrogens is 2. The number of imidazole rings is 1. The van der Waals surface area contributed by atoms with Gasteiger partial charge in [0.05, 0.1) is 11.4 Å². The van der Waals surface area contributed by atoms with Gasteiger partial charge in [0.25, 0.3) is 0 Å². The summed E-state index contributed by atoms with van der Waals surface area (Å²) in [6, 6.07) is 4.32. The molecule has 1 unspecified atom stereocenters. The van der Waals surface area contributed by atoms with Crippen molar-refractivity contribution < 1.29 is 8.78 Å². The molecule has 0 bridgehead atoms. The quantitative estimate of drug-likeness (QED) is 0.729. The largest absolute Gasteiger partial charge is 0.314 e. The SMILES string of the molecule is CCCNC(C)Cc1cn2c(-c3ccc(F)c(F)c3)csc2n1. The summed E-state index contributed by atoms with van der Waals surface area (Å²) in [5.41, 5.74) is 2.48. The second-order valence-electron chi connectivity index (χ2n) is 5.69. The molecule has 2 aromatic heterocycles. The maximum absolute atomic E-state index is 13.5. The summed E-state index contributed by atoms with van der Waals surface area (Å²) in [6.07, 6.45) is 3.92. The molecule has 3 nitrogen and oxygen atoms in total. The lowest BCUT2D eigenvalue weighted by Gasteiger charge is -2.10. The van der Waals surface area contributed by atoms with Crippen LogP contribution in [-0.4, -0.2) is 22.0 Å². The molecule has 122 valence electrons. The third-order valence-corrected chi connectivity index (χ3v) is 4.57. The van der Waals surface area contributed by atoms with Gasteiger partial charge in [-0.1, -0.05) is 6.92 Å². The van der Waals surface area contributed by atoms with Crippen LogP contribution in [0.25, 0.3) is 16.2 Å². The lowest BCUT2D eigenvalue weighted by Crippen LogP contribution is -2.28. The second kappa shape index (κ2) is 6.76. The number of rotatable bonds is 6. The van der Waals surface area contributed by atoms with E-state index < -0.39 is 11.6 Å². The van der Waals surface area contributed by atoms with Crippen LogP contribution in [0.5, 0.6) is 0 Å². The fraction of sp³-hybridized carbons (Fsp3) is 0.353. The molecule has 0 amide bonds. The molecule has 2 heterocycles. The minimum Gasteiger partial charge on any atom is -0.314 e. The van der Waals surface area contributed by atoms with Crippen molar-refractivity contribution in [2.45, 2.75) is 32.7 Å². The van der Waals surface area contributed by atoms with Gasteiger partial charge in [-0.25, -0.2) is 13.8 Å². The molecular formula is C17H19F2N3S. The van der Waals surface area contributed by atoms with E-state index in [9.17, 15) is 8.78 Å². The Balaban J connectivity index is 1.87. The van der Waals surface area contributed by atoms with Crippen LogP contribution in [0.15, 0.2) is 29.8 Å². The fourth-order valence-corrected chi connectivity index (χ4v) is 3.47. The van der Waals surface area contributed by atoms with Crippen LogP contribution in [0.4, 0.5) is 8.78 Å². The van der Waals surface area contributed by atoms with E-state index in [4.69, 9.17) is 0 Å². The van der Waals surface area contributed by atoms with E-state index in [0.717, 1.165) is 41.8 Å². The van der Waals surface area contributed by atoms with Gasteiger partial charge in [-0.15, -0.1) is 11.3 Å². The van der Waals surface area contributed by atoms with E-state index in [1.165, 1.54) is 17.4 Å². The molecule has 3 rings (SSSR count). The molecule has 6 heteroatoms. The number of nitrogens with zero attached hydrogens (tertiary/aromatic N) is 2. The van der Waals surface area contributed by atoms with Crippen molar-refractivity contribution in [2.24, 2.45) is 0 Å². The maximum Gasteiger partial charge on any atom is 0.194 e. The van der Waals surface area contributed by atoms with Crippen molar-refractivity contribution in [1.82, 2.24) is 14.7 Å². The van der Waals surface area contributed by atoms with Crippen LogP contribution in [-0.2, 0) is 6.42 Å². The smallest absolute Gasteiger partial charge is 0.194 e. The highest BCUT2D eigenvalue weighted by atomic mass is 32.1. The minimum atomic E-state index is -0.834. The van der Waals surface area contributed by atoms with Gasteiger partial charge in [-0.05, 0) is 38.1 Å². The molecule has 0 aliphatic carbocycles. The third-order valence-electron chi connectivity index (χ3n) is 3.73. The van der Waals surface area contributed by atoms with Crippen LogP contribution in [0.3, 0.4) is 0 Å². The van der Waals surface area contributed by atoms with E-state index in [0.29, 0.717) is 11.6 Å². The van der Waals surface area contributed by atoms with Gasteiger partial charge >= 0.3 is 0 Å². The highest BCUT2D eigenvalue weighted by Gasteiger charge is 2.13. The second-order valence-corrected chi connectivity index (χ2v) is 6.53. The Kier molecular flexibility index (Phi) is 4.73. The van der Waals surface area contributed by atoms with Crippen molar-refractivity contribution >= 4 is 16.3 Å². The number of fused-ring (bicyclic) bond motifs is 1. The van der Waals surface area contributed by atoms with Gasteiger partial charge in [-0.3, -0.25) is 4.40 Å². The molecule has 0 aliphatic rings. The monoisotopic (exact) mass is 335 g/mol. The van der Waals surface area contributed by atoms with Gasteiger partial charge in [-0.2, -0.15) is 0 Å². The van der Waals surface area contributed by atoms with Gasteiger partial charge in [0.1, 0.15) is 0 Å². The van der Waals surface area contributed by atoms with E-state index in [2.05, 4.69) is 24.1 Å². The van der Waals surface area contributed by atoms with Crippen molar-refractivity contribution in [3.05, 3.63) is 47.1 Å². The summed E-state index contributed by atoms with van der Waals surface area (Å²) in [6.45, 7) is 5.27. The number of benzene rings is 1. The van der Waals surface area contributed by atoms with Crippen molar-refractivity contribution in [3.8, 4) is 11.3 Å². The third kappa shape index (κ3) is 3.43. The fourth-order valence-electron chi connectivity index (χ4n) is 2.57. The average molecular weight is 335 g/mol. The molecule has 0 aliphatic heterocycles. The standard InChI is InChI=1S/C17H19F2N3S/c1-3-6-20-11(2)7-13-9-22-16(10-23-17(22)21-13)12-4-5-14(18)15(19)8-12/h4-5,8-11,20H,3,6-7H2,1-2H3. The maximum atomic E-state index is 13.5. The first-order valence-corrected chi connectivity index (χ1v) is 8.60. The van der Waals surface area contributed by atoms with Gasteiger partial charge in [0.2, 0.25) is 0 Å². The van der Waals surface area contributed by atoms with Crippen LogP contribution >= 0.6 is 11.3 Å². The number of halogens is 2. The summed E-state index contributed by atoms with van der Waals surface area (Å²) < 4.78 is 28.5. The Labute approximate surface area is 138 Å². The molecule has 0 saturated heterocycles. The number of hydrogen-bond donors (Lipinski definition) is 1. The van der Waals surface area contributed by atoms with E-state index in [1.54, 1.807) is 6.07 Å². The summed E-state index contributed by atoms with van der Waals surface area (Å²) in [5.74, 6) is -1.66. The first-order valence-electron chi connectivity index (χ1n) is 7.72. The zero-order valence-corrected chi connectivity index (χ0v) is 14.0. The van der Waals surface area contributed by atoms with Gasteiger partial charge in [0.15, 0.2) is 16.6 Å². The van der Waals surface area contributed by atoms with Crippen molar-refractivity contribution in [3.63, 3.8) is 0 Å². The highest BCUT2D eigenvalue weighted by Crippen LogP contribution is 2.27. The van der Waals surface area contributed by atoms with E-state index in [-0.39, 0.29) is 0 Å². The number of hydrogen-bond acceptors (Lipinski definition) is 3. The highest BCUT2D eigenvalue weighted by molar-refractivity contribution is 7.15. The summed E-state index contributed by atoms with van der Waals surface area (Å²) in [5, 5.41) is 5.35. The minimum absolute atomic E-state index is 0.353. The van der Waals surface area contributed by atoms with Gasteiger partial charge < -0.3 is 5.32 Å². The van der Waals surface area contributed by atoms with Crippen molar-refractivity contribution in [1.29, 1.82) is 0 Å². The normalized spacial score (nSPS) is 12.9. The zero-order chi connectivity index (χ0) is 16.4. The molecule has 0 saturated carbocycles. The molecule has 3 aromatic rings. The Hall–Kier alpha value is -1.79. The van der Waals surface area contributed by atoms with E-state index >= 15 is 0 Å². The Morgan fingerprint density at radius 1 is 1.30 bits per heavy atom. The van der Waals surface area contributed by atoms with Crippen molar-refractivity contribution in [2.75, 3.05) is 6.54 Å². The molecule has 0 fully saturated rings. The van der Waals surface area contributed by atoms with Gasteiger partial charge in [0, 0.05) is 29.6 Å².